The molecule has 0 aliphatic carbocycles. The number of ether oxygens (including phenoxy) is 1. The molecule has 0 saturated carbocycles. The molecular weight excluding hydrogens is 543 g/mol. The van der Waals surface area contributed by atoms with E-state index in [9.17, 15) is 13.2 Å². The van der Waals surface area contributed by atoms with Crippen LogP contribution in [0.5, 0.6) is 0 Å². The molecule has 12 heteroatoms. The molecule has 3 heterocycles. The van der Waals surface area contributed by atoms with Crippen molar-refractivity contribution in [3.8, 4) is 10.7 Å². The van der Waals surface area contributed by atoms with Gasteiger partial charge >= 0.3 is 0 Å². The summed E-state index contributed by atoms with van der Waals surface area (Å²) in [5, 5.41) is 13.9. The molecule has 1 fully saturated rings. The van der Waals surface area contributed by atoms with Crippen LogP contribution in [0.25, 0.3) is 10.7 Å². The van der Waals surface area contributed by atoms with Gasteiger partial charge in [0.15, 0.2) is 11.0 Å². The Morgan fingerprint density at radius 2 is 1.79 bits per heavy atom. The zero-order chi connectivity index (χ0) is 26.5. The largest absolute Gasteiger partial charge is 0.379 e. The first-order chi connectivity index (χ1) is 18.4. The van der Waals surface area contributed by atoms with Crippen molar-refractivity contribution in [2.45, 2.75) is 28.8 Å². The van der Waals surface area contributed by atoms with Crippen LogP contribution >= 0.6 is 23.1 Å². The van der Waals surface area contributed by atoms with E-state index in [0.29, 0.717) is 43.7 Å². The quantitative estimate of drug-likeness (QED) is 0.301. The average molecular weight is 570 g/mol. The molecule has 4 aromatic rings. The number of hydrogen-bond donors (Lipinski definition) is 1. The maximum atomic E-state index is 13.0. The van der Waals surface area contributed by atoms with E-state index in [1.54, 1.807) is 23.5 Å². The number of rotatable bonds is 9. The summed E-state index contributed by atoms with van der Waals surface area (Å²) in [4.78, 5) is 14.2. The van der Waals surface area contributed by atoms with Gasteiger partial charge in [0.1, 0.15) is 0 Å². The first-order valence-electron chi connectivity index (χ1n) is 12.1. The molecule has 1 aliphatic heterocycles. The van der Waals surface area contributed by atoms with E-state index < -0.39 is 15.3 Å². The highest BCUT2D eigenvalue weighted by molar-refractivity contribution is 8.00. The molecule has 1 N–H and O–H groups in total. The number of carbonyl (C=O) groups is 1. The highest BCUT2D eigenvalue weighted by Gasteiger charge is 2.26. The number of anilines is 1. The molecule has 2 aromatic heterocycles. The number of thioether (sulfide) groups is 1. The van der Waals surface area contributed by atoms with Crippen molar-refractivity contribution in [3.63, 3.8) is 0 Å². The minimum atomic E-state index is -3.59. The van der Waals surface area contributed by atoms with E-state index in [-0.39, 0.29) is 10.8 Å². The van der Waals surface area contributed by atoms with Crippen LogP contribution in [0.2, 0.25) is 0 Å². The van der Waals surface area contributed by atoms with Gasteiger partial charge in [-0.2, -0.15) is 4.31 Å². The molecule has 1 aliphatic rings. The summed E-state index contributed by atoms with van der Waals surface area (Å²) in [7, 11) is -3.59. The van der Waals surface area contributed by atoms with E-state index in [1.165, 1.54) is 28.2 Å². The average Bonchev–Trinajstić information content (AvgIpc) is 3.60. The van der Waals surface area contributed by atoms with Crippen LogP contribution < -0.4 is 5.32 Å². The van der Waals surface area contributed by atoms with Crippen molar-refractivity contribution in [2.75, 3.05) is 31.6 Å². The Morgan fingerprint density at radius 1 is 1.05 bits per heavy atom. The number of amides is 1. The number of aromatic nitrogens is 3. The Kier molecular flexibility index (Phi) is 8.24. The fourth-order valence-electron chi connectivity index (χ4n) is 3.97. The van der Waals surface area contributed by atoms with E-state index in [4.69, 9.17) is 4.74 Å². The molecule has 0 spiro atoms. The van der Waals surface area contributed by atoms with Gasteiger partial charge in [0.25, 0.3) is 0 Å². The molecule has 1 atom stereocenters. The Hall–Kier alpha value is -3.03. The monoisotopic (exact) mass is 569 g/mol. The number of hydrogen-bond acceptors (Lipinski definition) is 8. The van der Waals surface area contributed by atoms with Crippen molar-refractivity contribution < 1.29 is 17.9 Å². The summed E-state index contributed by atoms with van der Waals surface area (Å²) in [6, 6.07) is 20.3. The van der Waals surface area contributed by atoms with Crippen molar-refractivity contribution in [1.29, 1.82) is 0 Å². The van der Waals surface area contributed by atoms with Crippen LogP contribution in [0.15, 0.2) is 82.2 Å². The molecule has 198 valence electrons. The van der Waals surface area contributed by atoms with Gasteiger partial charge in [-0.05, 0) is 48.2 Å². The van der Waals surface area contributed by atoms with Crippen LogP contribution in [0, 0.1) is 0 Å². The molecule has 1 amide bonds. The predicted octanol–water partition coefficient (Wildman–Crippen LogP) is 4.20. The number of benzene rings is 2. The minimum Gasteiger partial charge on any atom is -0.379 e. The van der Waals surface area contributed by atoms with Crippen molar-refractivity contribution >= 4 is 44.7 Å². The summed E-state index contributed by atoms with van der Waals surface area (Å²) >= 11 is 2.92. The lowest BCUT2D eigenvalue weighted by molar-refractivity contribution is -0.115. The van der Waals surface area contributed by atoms with Gasteiger partial charge in [-0.3, -0.25) is 9.36 Å². The number of thiophene rings is 1. The Balaban J connectivity index is 1.28. The first kappa shape index (κ1) is 26.6. The topological polar surface area (TPSA) is 106 Å². The zero-order valence-electron chi connectivity index (χ0n) is 20.7. The lowest BCUT2D eigenvalue weighted by Gasteiger charge is -2.26. The van der Waals surface area contributed by atoms with Crippen molar-refractivity contribution in [3.05, 3.63) is 77.7 Å². The molecule has 2 aromatic carbocycles. The van der Waals surface area contributed by atoms with E-state index in [2.05, 4.69) is 15.5 Å². The number of nitrogens with one attached hydrogen (secondary N) is 1. The van der Waals surface area contributed by atoms with Gasteiger partial charge in [0.05, 0.1) is 34.8 Å². The van der Waals surface area contributed by atoms with Gasteiger partial charge in [-0.1, -0.05) is 48.2 Å². The third kappa shape index (κ3) is 6.00. The Labute approximate surface area is 229 Å². The fourth-order valence-corrected chi connectivity index (χ4v) is 6.95. The highest BCUT2D eigenvalue weighted by atomic mass is 32.2. The maximum Gasteiger partial charge on any atom is 0.243 e. The third-order valence-corrected chi connectivity index (χ3v) is 9.88. The van der Waals surface area contributed by atoms with Crippen LogP contribution in [0.4, 0.5) is 5.69 Å². The van der Waals surface area contributed by atoms with E-state index in [1.807, 2.05) is 59.3 Å². The summed E-state index contributed by atoms with van der Waals surface area (Å²) < 4.78 is 34.4. The van der Waals surface area contributed by atoms with Gasteiger partial charge in [0.2, 0.25) is 15.9 Å². The second-order valence-electron chi connectivity index (χ2n) is 8.65. The van der Waals surface area contributed by atoms with Gasteiger partial charge in [-0.15, -0.1) is 21.5 Å². The summed E-state index contributed by atoms with van der Waals surface area (Å²) in [5.74, 6) is 0.543. The second-order valence-corrected chi connectivity index (χ2v) is 12.8. The van der Waals surface area contributed by atoms with E-state index in [0.717, 1.165) is 16.3 Å². The van der Waals surface area contributed by atoms with Crippen LogP contribution in [-0.2, 0) is 26.1 Å². The van der Waals surface area contributed by atoms with Crippen molar-refractivity contribution in [2.24, 2.45) is 0 Å². The molecule has 0 bridgehead atoms. The number of carbonyl (C=O) groups excluding carboxylic acids is 1. The highest BCUT2D eigenvalue weighted by Crippen LogP contribution is 2.30. The molecule has 9 nitrogen and oxygen atoms in total. The third-order valence-electron chi connectivity index (χ3n) is 6.02. The van der Waals surface area contributed by atoms with Crippen LogP contribution in [-0.4, -0.2) is 64.9 Å². The molecule has 0 radical (unpaired) electrons. The Bertz CT molecular complexity index is 1470. The summed E-state index contributed by atoms with van der Waals surface area (Å²) in [6.45, 7) is 3.82. The molecular formula is C26H27N5O4S3. The second kappa shape index (κ2) is 11.8. The SMILES string of the molecule is CC(Sc1nnc(-c2cccs2)n1Cc1ccccc1)C(=O)Nc1ccc(S(=O)(=O)N2CCOCC2)cc1. The smallest absolute Gasteiger partial charge is 0.243 e. The first-order valence-corrected chi connectivity index (χ1v) is 15.3. The van der Waals surface area contributed by atoms with E-state index >= 15 is 0 Å². The minimum absolute atomic E-state index is 0.190. The molecule has 5 rings (SSSR count). The maximum absolute atomic E-state index is 13.0. The van der Waals surface area contributed by atoms with Crippen molar-refractivity contribution in [1.82, 2.24) is 19.1 Å². The molecule has 1 unspecified atom stereocenters. The lowest BCUT2D eigenvalue weighted by atomic mass is 10.2. The van der Waals surface area contributed by atoms with Gasteiger partial charge < -0.3 is 10.1 Å². The number of nitrogens with zero attached hydrogens (tertiary/aromatic N) is 4. The van der Waals surface area contributed by atoms with Gasteiger partial charge in [0, 0.05) is 18.8 Å². The van der Waals surface area contributed by atoms with Crippen LogP contribution in [0.3, 0.4) is 0 Å². The van der Waals surface area contributed by atoms with Crippen LogP contribution in [0.1, 0.15) is 12.5 Å². The predicted molar refractivity (Wildman–Crippen MR) is 149 cm³/mol. The summed E-state index contributed by atoms with van der Waals surface area (Å²) in [6.07, 6.45) is 0. The zero-order valence-corrected chi connectivity index (χ0v) is 23.1. The lowest BCUT2D eigenvalue weighted by Crippen LogP contribution is -2.40. The number of morpholine rings is 1. The normalized spacial score (nSPS) is 15.3. The van der Waals surface area contributed by atoms with Gasteiger partial charge in [-0.25, -0.2) is 8.42 Å². The number of sulfonamides is 1. The Morgan fingerprint density at radius 3 is 2.47 bits per heavy atom. The standard InChI is InChI=1S/C26H27N5O4S3/c1-19(25(32)27-21-9-11-22(12-10-21)38(33,34)30-13-15-35-16-14-30)37-26-29-28-24(23-8-5-17-36-23)31(26)18-20-6-3-2-4-7-20/h2-12,17,19H,13-16,18H2,1H3,(H,27,32). The summed E-state index contributed by atoms with van der Waals surface area (Å²) in [5.41, 5.74) is 1.63. The fraction of sp³-hybridized carbons (Fsp3) is 0.269. The molecule has 38 heavy (non-hydrogen) atoms. The molecule has 1 saturated heterocycles.